The van der Waals surface area contributed by atoms with Gasteiger partial charge in [-0.25, -0.2) is 4.98 Å². The second kappa shape index (κ2) is 8.20. The molecular weight excluding hydrogens is 330 g/mol. The summed E-state index contributed by atoms with van der Waals surface area (Å²) in [6.45, 7) is 11.4. The molecule has 27 heavy (non-hydrogen) atoms. The van der Waals surface area contributed by atoms with E-state index in [1.807, 2.05) is 0 Å². The molecule has 0 aliphatic carbocycles. The minimum Gasteiger partial charge on any atom is -0.301 e. The van der Waals surface area contributed by atoms with Crippen LogP contribution in [-0.4, -0.2) is 47.5 Å². The first-order valence-electron chi connectivity index (χ1n) is 10.1. The van der Waals surface area contributed by atoms with Crippen LogP contribution in [-0.2, 0) is 6.54 Å². The minimum absolute atomic E-state index is 0.742. The number of benzene rings is 2. The van der Waals surface area contributed by atoms with Gasteiger partial charge in [0.1, 0.15) is 0 Å². The van der Waals surface area contributed by atoms with Crippen molar-refractivity contribution in [3.63, 3.8) is 0 Å². The summed E-state index contributed by atoms with van der Waals surface area (Å²) in [5.74, 6) is 0.742. The molecule has 1 saturated heterocycles. The van der Waals surface area contributed by atoms with E-state index >= 15 is 0 Å². The van der Waals surface area contributed by atoms with E-state index in [-0.39, 0.29) is 0 Å². The molecule has 3 heteroatoms. The van der Waals surface area contributed by atoms with Crippen molar-refractivity contribution in [2.24, 2.45) is 5.92 Å². The SMILES string of the molecule is CC(C)CN1CCN(Cc2cc3ccccc3nc2-c2ccccc2)CC1. The summed E-state index contributed by atoms with van der Waals surface area (Å²) in [6, 6.07) is 21.4. The quantitative estimate of drug-likeness (QED) is 0.660. The Bertz CT molecular complexity index is 881. The lowest BCUT2D eigenvalue weighted by Crippen LogP contribution is -2.46. The number of aromatic nitrogens is 1. The number of piperazine rings is 1. The van der Waals surface area contributed by atoms with Gasteiger partial charge in [0.25, 0.3) is 0 Å². The van der Waals surface area contributed by atoms with Crippen LogP contribution in [0.5, 0.6) is 0 Å². The number of rotatable bonds is 5. The van der Waals surface area contributed by atoms with Crippen LogP contribution in [0, 0.1) is 5.92 Å². The summed E-state index contributed by atoms with van der Waals surface area (Å²) in [5, 5.41) is 1.23. The van der Waals surface area contributed by atoms with Gasteiger partial charge in [-0.1, -0.05) is 62.4 Å². The standard InChI is InChI=1S/C24H29N3/c1-19(2)17-26-12-14-27(15-13-26)18-22-16-21-10-6-7-11-23(21)25-24(22)20-8-4-3-5-9-20/h3-11,16,19H,12-15,17-18H2,1-2H3. The van der Waals surface area contributed by atoms with Gasteiger partial charge in [-0.05, 0) is 23.6 Å². The highest BCUT2D eigenvalue weighted by Crippen LogP contribution is 2.27. The fourth-order valence-electron chi connectivity index (χ4n) is 4.01. The molecule has 1 fully saturated rings. The van der Waals surface area contributed by atoms with Gasteiger partial charge < -0.3 is 4.90 Å². The average molecular weight is 360 g/mol. The van der Waals surface area contributed by atoms with Gasteiger partial charge in [-0.3, -0.25) is 4.90 Å². The van der Waals surface area contributed by atoms with Crippen molar-refractivity contribution in [2.45, 2.75) is 20.4 Å². The number of para-hydroxylation sites is 1. The molecule has 0 N–H and O–H groups in total. The summed E-state index contributed by atoms with van der Waals surface area (Å²) >= 11 is 0. The van der Waals surface area contributed by atoms with E-state index in [1.165, 1.54) is 36.1 Å². The van der Waals surface area contributed by atoms with Crippen molar-refractivity contribution in [2.75, 3.05) is 32.7 Å². The largest absolute Gasteiger partial charge is 0.301 e. The topological polar surface area (TPSA) is 19.4 Å². The second-order valence-electron chi connectivity index (χ2n) is 8.03. The molecule has 0 atom stereocenters. The monoisotopic (exact) mass is 359 g/mol. The highest BCUT2D eigenvalue weighted by atomic mass is 15.3. The van der Waals surface area contributed by atoms with Gasteiger partial charge >= 0.3 is 0 Å². The van der Waals surface area contributed by atoms with Crippen LogP contribution in [0.4, 0.5) is 0 Å². The molecule has 2 aromatic carbocycles. The van der Waals surface area contributed by atoms with E-state index in [1.54, 1.807) is 0 Å². The minimum atomic E-state index is 0.742. The zero-order chi connectivity index (χ0) is 18.6. The predicted octanol–water partition coefficient (Wildman–Crippen LogP) is 4.68. The normalized spacial score (nSPS) is 16.3. The third-order valence-corrected chi connectivity index (χ3v) is 5.33. The fraction of sp³-hybridized carbons (Fsp3) is 0.375. The van der Waals surface area contributed by atoms with Crippen LogP contribution in [0.1, 0.15) is 19.4 Å². The zero-order valence-corrected chi connectivity index (χ0v) is 16.4. The maximum atomic E-state index is 5.03. The number of hydrogen-bond donors (Lipinski definition) is 0. The number of pyridine rings is 1. The Morgan fingerprint density at radius 3 is 2.26 bits per heavy atom. The molecule has 3 nitrogen and oxygen atoms in total. The van der Waals surface area contributed by atoms with Crippen molar-refractivity contribution in [3.05, 3.63) is 66.2 Å². The molecule has 4 rings (SSSR count). The molecule has 2 heterocycles. The Labute approximate surface area is 162 Å². The van der Waals surface area contributed by atoms with E-state index in [2.05, 4.69) is 84.3 Å². The first-order chi connectivity index (χ1) is 13.2. The molecule has 0 radical (unpaired) electrons. The van der Waals surface area contributed by atoms with Crippen LogP contribution in [0.25, 0.3) is 22.2 Å². The fourth-order valence-corrected chi connectivity index (χ4v) is 4.01. The van der Waals surface area contributed by atoms with Gasteiger partial charge in [0.15, 0.2) is 0 Å². The van der Waals surface area contributed by atoms with Gasteiger partial charge in [0, 0.05) is 50.2 Å². The third-order valence-electron chi connectivity index (χ3n) is 5.33. The van der Waals surface area contributed by atoms with E-state index in [9.17, 15) is 0 Å². The van der Waals surface area contributed by atoms with Crippen LogP contribution < -0.4 is 0 Å². The second-order valence-corrected chi connectivity index (χ2v) is 8.03. The molecule has 0 bridgehead atoms. The van der Waals surface area contributed by atoms with E-state index in [4.69, 9.17) is 4.98 Å². The molecular formula is C24H29N3. The van der Waals surface area contributed by atoms with Gasteiger partial charge in [-0.2, -0.15) is 0 Å². The first kappa shape index (κ1) is 18.1. The molecule has 0 unspecified atom stereocenters. The van der Waals surface area contributed by atoms with Crippen molar-refractivity contribution < 1.29 is 0 Å². The van der Waals surface area contributed by atoms with E-state index in [0.717, 1.165) is 36.8 Å². The van der Waals surface area contributed by atoms with Gasteiger partial charge in [-0.15, -0.1) is 0 Å². The summed E-state index contributed by atoms with van der Waals surface area (Å²) < 4.78 is 0. The van der Waals surface area contributed by atoms with Crippen LogP contribution in [0.15, 0.2) is 60.7 Å². The van der Waals surface area contributed by atoms with Crippen molar-refractivity contribution >= 4 is 10.9 Å². The Kier molecular flexibility index (Phi) is 5.51. The predicted molar refractivity (Wildman–Crippen MR) is 114 cm³/mol. The van der Waals surface area contributed by atoms with Crippen LogP contribution in [0.3, 0.4) is 0 Å². The first-order valence-corrected chi connectivity index (χ1v) is 10.1. The molecule has 0 saturated carbocycles. The van der Waals surface area contributed by atoms with Gasteiger partial charge in [0.05, 0.1) is 11.2 Å². The summed E-state index contributed by atoms with van der Waals surface area (Å²) in [6.07, 6.45) is 0. The number of fused-ring (bicyclic) bond motifs is 1. The Hall–Kier alpha value is -2.23. The summed E-state index contributed by atoms with van der Waals surface area (Å²) in [7, 11) is 0. The zero-order valence-electron chi connectivity index (χ0n) is 16.4. The maximum Gasteiger partial charge on any atom is 0.0754 e. The highest BCUT2D eigenvalue weighted by Gasteiger charge is 2.19. The van der Waals surface area contributed by atoms with Crippen molar-refractivity contribution in [3.8, 4) is 11.3 Å². The molecule has 1 aliphatic rings. The van der Waals surface area contributed by atoms with Crippen molar-refractivity contribution in [1.82, 2.24) is 14.8 Å². The van der Waals surface area contributed by atoms with Crippen molar-refractivity contribution in [1.29, 1.82) is 0 Å². The smallest absolute Gasteiger partial charge is 0.0754 e. The Morgan fingerprint density at radius 2 is 1.52 bits per heavy atom. The lowest BCUT2D eigenvalue weighted by Gasteiger charge is -2.35. The molecule has 1 aromatic heterocycles. The van der Waals surface area contributed by atoms with Crippen LogP contribution in [0.2, 0.25) is 0 Å². The maximum absolute atomic E-state index is 5.03. The summed E-state index contributed by atoms with van der Waals surface area (Å²) in [4.78, 5) is 10.2. The van der Waals surface area contributed by atoms with E-state index in [0.29, 0.717) is 0 Å². The average Bonchev–Trinajstić information content (AvgIpc) is 2.69. The number of hydrogen-bond acceptors (Lipinski definition) is 3. The highest BCUT2D eigenvalue weighted by molar-refractivity contribution is 5.83. The van der Waals surface area contributed by atoms with Crippen LogP contribution >= 0.6 is 0 Å². The Balaban J connectivity index is 1.59. The summed E-state index contributed by atoms with van der Waals surface area (Å²) in [5.41, 5.74) is 4.73. The van der Waals surface area contributed by atoms with Gasteiger partial charge in [0.2, 0.25) is 0 Å². The van der Waals surface area contributed by atoms with E-state index < -0.39 is 0 Å². The molecule has 1 aliphatic heterocycles. The number of nitrogens with zero attached hydrogens (tertiary/aromatic N) is 3. The molecule has 3 aromatic rings. The lowest BCUT2D eigenvalue weighted by molar-refractivity contribution is 0.117. The molecule has 0 spiro atoms. The lowest BCUT2D eigenvalue weighted by atomic mass is 10.0. The third kappa shape index (κ3) is 4.37. The molecule has 140 valence electrons. The Morgan fingerprint density at radius 1 is 0.852 bits per heavy atom. The molecule has 0 amide bonds.